The van der Waals surface area contributed by atoms with Crippen LogP contribution < -0.4 is 0 Å². The van der Waals surface area contributed by atoms with E-state index in [1.165, 1.54) is 37.2 Å². The number of aliphatic hydroxyl groups is 1. The molecule has 0 bridgehead atoms. The summed E-state index contributed by atoms with van der Waals surface area (Å²) < 4.78 is 0. The molecule has 0 amide bonds. The lowest BCUT2D eigenvalue weighted by Gasteiger charge is -2.14. The van der Waals surface area contributed by atoms with Crippen molar-refractivity contribution in [3.05, 3.63) is 35.9 Å². The van der Waals surface area contributed by atoms with Crippen LogP contribution in [0.3, 0.4) is 0 Å². The van der Waals surface area contributed by atoms with Crippen LogP contribution in [0.1, 0.15) is 18.4 Å². The number of benzene rings is 1. The van der Waals surface area contributed by atoms with Crippen LogP contribution in [0.15, 0.2) is 30.3 Å². The smallest absolute Gasteiger partial charge is 0.0471 e. The summed E-state index contributed by atoms with van der Waals surface area (Å²) in [6, 6.07) is 10.7. The molecule has 3 heteroatoms. The van der Waals surface area contributed by atoms with Crippen molar-refractivity contribution >= 4 is 11.8 Å². The molecule has 1 unspecified atom stereocenters. The van der Waals surface area contributed by atoms with E-state index in [9.17, 15) is 0 Å². The molecule has 1 saturated heterocycles. The van der Waals surface area contributed by atoms with Crippen LogP contribution in [0.4, 0.5) is 0 Å². The average molecular weight is 265 g/mol. The van der Waals surface area contributed by atoms with Gasteiger partial charge in [0.2, 0.25) is 0 Å². The Labute approximate surface area is 114 Å². The van der Waals surface area contributed by atoms with E-state index in [0.29, 0.717) is 12.5 Å². The SMILES string of the molecule is OCC1CCN(CCCSCc2ccccc2)C1. The van der Waals surface area contributed by atoms with Gasteiger partial charge >= 0.3 is 0 Å². The monoisotopic (exact) mass is 265 g/mol. The first kappa shape index (κ1) is 13.9. The van der Waals surface area contributed by atoms with Crippen LogP contribution in [0.2, 0.25) is 0 Å². The fourth-order valence-electron chi connectivity index (χ4n) is 2.42. The molecule has 1 atom stereocenters. The predicted octanol–water partition coefficient (Wildman–Crippen LogP) is 2.62. The lowest BCUT2D eigenvalue weighted by molar-refractivity contribution is 0.222. The molecule has 2 nitrogen and oxygen atoms in total. The standard InChI is InChI=1S/C15H23NOS/c17-12-15-7-9-16(11-15)8-4-10-18-13-14-5-2-1-3-6-14/h1-3,5-6,15,17H,4,7-13H2. The molecule has 1 aliphatic heterocycles. The number of thioether (sulfide) groups is 1. The minimum atomic E-state index is 0.360. The molecule has 0 saturated carbocycles. The van der Waals surface area contributed by atoms with Gasteiger partial charge in [0.15, 0.2) is 0 Å². The first-order chi connectivity index (χ1) is 8.88. The van der Waals surface area contributed by atoms with Gasteiger partial charge in [0, 0.05) is 18.9 Å². The van der Waals surface area contributed by atoms with E-state index in [1.807, 2.05) is 11.8 Å². The molecule has 0 radical (unpaired) electrons. The number of hydrogen-bond donors (Lipinski definition) is 1. The van der Waals surface area contributed by atoms with Crippen molar-refractivity contribution < 1.29 is 5.11 Å². The minimum Gasteiger partial charge on any atom is -0.396 e. The quantitative estimate of drug-likeness (QED) is 0.767. The number of likely N-dealkylation sites (tertiary alicyclic amines) is 1. The van der Waals surface area contributed by atoms with Crippen LogP contribution in [0.25, 0.3) is 0 Å². The van der Waals surface area contributed by atoms with Crippen molar-refractivity contribution in [1.82, 2.24) is 4.90 Å². The van der Waals surface area contributed by atoms with Crippen molar-refractivity contribution in [1.29, 1.82) is 0 Å². The molecule has 0 spiro atoms. The number of rotatable bonds is 7. The summed E-state index contributed by atoms with van der Waals surface area (Å²) in [7, 11) is 0. The lowest BCUT2D eigenvalue weighted by Crippen LogP contribution is -2.23. The molecule has 18 heavy (non-hydrogen) atoms. The summed E-state index contributed by atoms with van der Waals surface area (Å²) in [5.74, 6) is 2.89. The van der Waals surface area contributed by atoms with Gasteiger partial charge in [-0.15, -0.1) is 0 Å². The first-order valence-electron chi connectivity index (χ1n) is 6.83. The van der Waals surface area contributed by atoms with Gasteiger partial charge in [0.1, 0.15) is 0 Å². The van der Waals surface area contributed by atoms with Crippen molar-refractivity contribution in [3.63, 3.8) is 0 Å². The van der Waals surface area contributed by atoms with Gasteiger partial charge in [-0.05, 0) is 43.2 Å². The van der Waals surface area contributed by atoms with Crippen molar-refractivity contribution in [2.75, 3.05) is 32.0 Å². The molecule has 1 aromatic rings. The third-order valence-electron chi connectivity index (χ3n) is 3.50. The lowest BCUT2D eigenvalue weighted by atomic mass is 10.1. The second-order valence-corrected chi connectivity index (χ2v) is 6.13. The normalized spacial score (nSPS) is 20.4. The zero-order valence-corrected chi connectivity index (χ0v) is 11.7. The Bertz CT molecular complexity index is 331. The largest absolute Gasteiger partial charge is 0.396 e. The Hall–Kier alpha value is -0.510. The molecule has 0 aliphatic carbocycles. The van der Waals surface area contributed by atoms with E-state index in [1.54, 1.807) is 0 Å². The Morgan fingerprint density at radius 2 is 2.11 bits per heavy atom. The van der Waals surface area contributed by atoms with Crippen molar-refractivity contribution in [3.8, 4) is 0 Å². The molecule has 100 valence electrons. The fourth-order valence-corrected chi connectivity index (χ4v) is 3.33. The molecule has 1 aliphatic rings. The second-order valence-electron chi connectivity index (χ2n) is 5.03. The molecular formula is C15H23NOS. The van der Waals surface area contributed by atoms with Crippen LogP contribution >= 0.6 is 11.8 Å². The van der Waals surface area contributed by atoms with Crippen molar-refractivity contribution in [2.24, 2.45) is 5.92 Å². The Kier molecular flexibility index (Phi) is 6.05. The highest BCUT2D eigenvalue weighted by Gasteiger charge is 2.20. The van der Waals surface area contributed by atoms with Gasteiger partial charge in [0.05, 0.1) is 0 Å². The molecule has 1 N–H and O–H groups in total. The topological polar surface area (TPSA) is 23.5 Å². The van der Waals surface area contributed by atoms with E-state index in [2.05, 4.69) is 35.2 Å². The maximum Gasteiger partial charge on any atom is 0.0471 e. The number of hydrogen-bond acceptors (Lipinski definition) is 3. The molecular weight excluding hydrogens is 242 g/mol. The average Bonchev–Trinajstić information content (AvgIpc) is 2.87. The summed E-state index contributed by atoms with van der Waals surface area (Å²) in [6.07, 6.45) is 2.43. The van der Waals surface area contributed by atoms with Gasteiger partial charge in [0.25, 0.3) is 0 Å². The van der Waals surface area contributed by atoms with Crippen molar-refractivity contribution in [2.45, 2.75) is 18.6 Å². The first-order valence-corrected chi connectivity index (χ1v) is 7.99. The van der Waals surface area contributed by atoms with Crippen LogP contribution in [0.5, 0.6) is 0 Å². The molecule has 1 heterocycles. The van der Waals surface area contributed by atoms with Gasteiger partial charge in [-0.1, -0.05) is 30.3 Å². The van der Waals surface area contributed by atoms with E-state index in [-0.39, 0.29) is 0 Å². The number of aliphatic hydroxyl groups excluding tert-OH is 1. The van der Waals surface area contributed by atoms with Crippen LogP contribution in [-0.2, 0) is 5.75 Å². The molecule has 2 rings (SSSR count). The Balaban J connectivity index is 1.52. The van der Waals surface area contributed by atoms with E-state index in [0.717, 1.165) is 12.3 Å². The third-order valence-corrected chi connectivity index (χ3v) is 4.62. The number of nitrogens with zero attached hydrogens (tertiary/aromatic N) is 1. The van der Waals surface area contributed by atoms with Gasteiger partial charge in [-0.3, -0.25) is 0 Å². The van der Waals surface area contributed by atoms with Gasteiger partial charge in [-0.2, -0.15) is 11.8 Å². The highest BCUT2D eigenvalue weighted by Crippen LogP contribution is 2.17. The van der Waals surface area contributed by atoms with E-state index >= 15 is 0 Å². The zero-order chi connectivity index (χ0) is 12.6. The van der Waals surface area contributed by atoms with E-state index < -0.39 is 0 Å². The summed E-state index contributed by atoms with van der Waals surface area (Å²) in [5, 5.41) is 9.09. The zero-order valence-electron chi connectivity index (χ0n) is 10.9. The minimum absolute atomic E-state index is 0.360. The van der Waals surface area contributed by atoms with Crippen LogP contribution in [-0.4, -0.2) is 42.0 Å². The second kappa shape index (κ2) is 7.82. The molecule has 1 fully saturated rings. The molecule has 0 aromatic heterocycles. The Morgan fingerprint density at radius 1 is 1.28 bits per heavy atom. The highest BCUT2D eigenvalue weighted by atomic mass is 32.2. The highest BCUT2D eigenvalue weighted by molar-refractivity contribution is 7.98. The van der Waals surface area contributed by atoms with E-state index in [4.69, 9.17) is 5.11 Å². The van der Waals surface area contributed by atoms with Crippen LogP contribution in [0, 0.1) is 5.92 Å². The van der Waals surface area contributed by atoms with Gasteiger partial charge < -0.3 is 10.0 Å². The summed E-state index contributed by atoms with van der Waals surface area (Å²) >= 11 is 2.02. The maximum atomic E-state index is 9.09. The Morgan fingerprint density at radius 3 is 2.83 bits per heavy atom. The summed E-state index contributed by atoms with van der Waals surface area (Å²) in [4.78, 5) is 2.49. The fraction of sp³-hybridized carbons (Fsp3) is 0.600. The molecule has 1 aromatic carbocycles. The summed E-state index contributed by atoms with van der Waals surface area (Å²) in [6.45, 7) is 3.83. The predicted molar refractivity (Wildman–Crippen MR) is 78.9 cm³/mol. The van der Waals surface area contributed by atoms with Gasteiger partial charge in [-0.25, -0.2) is 0 Å². The third kappa shape index (κ3) is 4.63. The maximum absolute atomic E-state index is 9.09. The summed E-state index contributed by atoms with van der Waals surface area (Å²) in [5.41, 5.74) is 1.42.